The van der Waals surface area contributed by atoms with Crippen LogP contribution < -0.4 is 10.2 Å². The summed E-state index contributed by atoms with van der Waals surface area (Å²) < 4.78 is 0. The van der Waals surface area contributed by atoms with E-state index in [2.05, 4.69) is 33.3 Å². The first-order valence-corrected chi connectivity index (χ1v) is 10.3. The number of nitrogens with zero attached hydrogens (tertiary/aromatic N) is 3. The van der Waals surface area contributed by atoms with Crippen molar-refractivity contribution in [3.8, 4) is 0 Å². The number of piperazine rings is 1. The van der Waals surface area contributed by atoms with Crippen LogP contribution in [0.5, 0.6) is 0 Å². The van der Waals surface area contributed by atoms with Gasteiger partial charge in [0.25, 0.3) is 0 Å². The summed E-state index contributed by atoms with van der Waals surface area (Å²) in [4.78, 5) is 19.9. The van der Waals surface area contributed by atoms with Crippen LogP contribution in [0, 0.1) is 5.92 Å². The van der Waals surface area contributed by atoms with E-state index in [0.29, 0.717) is 6.54 Å². The number of aryl methyl sites for hydroxylation is 1. The standard InChI is InChI=1S/C21H32N4O/c26-21(25-11-3-5-19-4-1-2-6-20(19)25)17-24-14-12-23(13-15-24)16-18-7-9-22-10-8-18/h1-2,4,6,18,22H,3,5,7-17H2. The van der Waals surface area contributed by atoms with Gasteiger partial charge in [0.05, 0.1) is 6.54 Å². The van der Waals surface area contributed by atoms with Gasteiger partial charge in [-0.15, -0.1) is 0 Å². The lowest BCUT2D eigenvalue weighted by atomic mass is 9.97. The molecule has 0 atom stereocenters. The fourth-order valence-corrected chi connectivity index (χ4v) is 4.63. The normalized spacial score (nSPS) is 23.0. The zero-order valence-corrected chi connectivity index (χ0v) is 15.8. The molecule has 2 saturated heterocycles. The number of hydrogen-bond donors (Lipinski definition) is 1. The quantitative estimate of drug-likeness (QED) is 0.889. The largest absolute Gasteiger partial charge is 0.317 e. The molecule has 26 heavy (non-hydrogen) atoms. The third kappa shape index (κ3) is 4.27. The highest BCUT2D eigenvalue weighted by Crippen LogP contribution is 2.26. The molecule has 5 nitrogen and oxygen atoms in total. The number of para-hydroxylation sites is 1. The number of piperidine rings is 1. The summed E-state index contributed by atoms with van der Waals surface area (Å²) in [6.45, 7) is 9.27. The highest BCUT2D eigenvalue weighted by atomic mass is 16.2. The number of carbonyl (C=O) groups excluding carboxylic acids is 1. The fraction of sp³-hybridized carbons (Fsp3) is 0.667. The molecule has 0 aromatic heterocycles. The molecule has 142 valence electrons. The molecule has 0 bridgehead atoms. The van der Waals surface area contributed by atoms with Crippen LogP contribution >= 0.6 is 0 Å². The minimum absolute atomic E-state index is 0.268. The average Bonchev–Trinajstić information content (AvgIpc) is 2.70. The third-order valence-electron chi connectivity index (χ3n) is 6.21. The van der Waals surface area contributed by atoms with Crippen molar-refractivity contribution in [3.05, 3.63) is 29.8 Å². The fourth-order valence-electron chi connectivity index (χ4n) is 4.63. The number of nitrogens with one attached hydrogen (secondary N) is 1. The molecule has 2 fully saturated rings. The van der Waals surface area contributed by atoms with Crippen molar-refractivity contribution in [2.45, 2.75) is 25.7 Å². The lowest BCUT2D eigenvalue weighted by molar-refractivity contribution is -0.120. The second kappa shape index (κ2) is 8.51. The first kappa shape index (κ1) is 18.0. The van der Waals surface area contributed by atoms with Crippen molar-refractivity contribution in [2.24, 2.45) is 5.92 Å². The lowest BCUT2D eigenvalue weighted by Gasteiger charge is -2.38. The maximum absolute atomic E-state index is 12.9. The molecular weight excluding hydrogens is 324 g/mol. The van der Waals surface area contributed by atoms with Crippen LogP contribution in [0.4, 0.5) is 5.69 Å². The van der Waals surface area contributed by atoms with E-state index in [1.165, 1.54) is 38.0 Å². The molecule has 0 unspecified atom stereocenters. The van der Waals surface area contributed by atoms with Gasteiger partial charge in [-0.25, -0.2) is 0 Å². The molecule has 3 heterocycles. The van der Waals surface area contributed by atoms with Crippen LogP contribution in [0.25, 0.3) is 0 Å². The van der Waals surface area contributed by atoms with Gasteiger partial charge in [-0.3, -0.25) is 9.69 Å². The third-order valence-corrected chi connectivity index (χ3v) is 6.21. The Kier molecular flexibility index (Phi) is 5.88. The molecule has 0 radical (unpaired) electrons. The molecule has 3 aliphatic heterocycles. The number of rotatable bonds is 4. The van der Waals surface area contributed by atoms with Crippen molar-refractivity contribution < 1.29 is 4.79 Å². The smallest absolute Gasteiger partial charge is 0.241 e. The summed E-state index contributed by atoms with van der Waals surface area (Å²) in [6.07, 6.45) is 4.79. The van der Waals surface area contributed by atoms with E-state index < -0.39 is 0 Å². The van der Waals surface area contributed by atoms with Crippen LogP contribution in [0.3, 0.4) is 0 Å². The Labute approximate surface area is 157 Å². The second-order valence-electron chi connectivity index (χ2n) is 8.05. The van der Waals surface area contributed by atoms with Crippen LogP contribution in [0.1, 0.15) is 24.8 Å². The summed E-state index contributed by atoms with van der Waals surface area (Å²) in [5.74, 6) is 1.12. The van der Waals surface area contributed by atoms with Crippen LogP contribution in [0.15, 0.2) is 24.3 Å². The molecule has 0 saturated carbocycles. The number of carbonyl (C=O) groups is 1. The summed E-state index contributed by atoms with van der Waals surface area (Å²) in [7, 11) is 0. The van der Waals surface area contributed by atoms with E-state index in [-0.39, 0.29) is 5.91 Å². The van der Waals surface area contributed by atoms with Gasteiger partial charge >= 0.3 is 0 Å². The zero-order valence-electron chi connectivity index (χ0n) is 15.8. The number of amides is 1. The van der Waals surface area contributed by atoms with Crippen molar-refractivity contribution >= 4 is 11.6 Å². The highest BCUT2D eigenvalue weighted by Gasteiger charge is 2.26. The van der Waals surface area contributed by atoms with Gasteiger partial charge in [0.15, 0.2) is 0 Å². The zero-order chi connectivity index (χ0) is 17.8. The molecule has 1 amide bonds. The van der Waals surface area contributed by atoms with Gasteiger partial charge < -0.3 is 15.1 Å². The molecule has 1 aromatic carbocycles. The maximum Gasteiger partial charge on any atom is 0.241 e. The van der Waals surface area contributed by atoms with Gasteiger partial charge in [-0.2, -0.15) is 0 Å². The van der Waals surface area contributed by atoms with Crippen molar-refractivity contribution in [1.29, 1.82) is 0 Å². The summed E-state index contributed by atoms with van der Waals surface area (Å²) in [6, 6.07) is 8.39. The molecule has 5 heteroatoms. The first-order valence-electron chi connectivity index (χ1n) is 10.3. The molecule has 4 rings (SSSR count). The molecule has 1 N–H and O–H groups in total. The van der Waals surface area contributed by atoms with E-state index in [9.17, 15) is 4.79 Å². The first-order chi connectivity index (χ1) is 12.8. The Bertz CT molecular complexity index is 606. The van der Waals surface area contributed by atoms with Gasteiger partial charge in [0.2, 0.25) is 5.91 Å². The predicted octanol–water partition coefficient (Wildman–Crippen LogP) is 1.58. The van der Waals surface area contributed by atoms with E-state index >= 15 is 0 Å². The monoisotopic (exact) mass is 356 g/mol. The molecule has 0 aliphatic carbocycles. The molecule has 1 aromatic rings. The Hall–Kier alpha value is -1.43. The lowest BCUT2D eigenvalue weighted by Crippen LogP contribution is -2.51. The minimum atomic E-state index is 0.268. The summed E-state index contributed by atoms with van der Waals surface area (Å²) >= 11 is 0. The van der Waals surface area contributed by atoms with Crippen molar-refractivity contribution in [2.75, 3.05) is 63.8 Å². The number of hydrogen-bond acceptors (Lipinski definition) is 4. The number of anilines is 1. The Balaban J connectivity index is 1.26. The van der Waals surface area contributed by atoms with Crippen LogP contribution in [-0.4, -0.2) is 74.6 Å². The Morgan fingerprint density at radius 1 is 1.00 bits per heavy atom. The predicted molar refractivity (Wildman–Crippen MR) is 106 cm³/mol. The van der Waals surface area contributed by atoms with E-state index in [0.717, 1.165) is 57.2 Å². The van der Waals surface area contributed by atoms with Gasteiger partial charge in [-0.05, 0) is 56.3 Å². The highest BCUT2D eigenvalue weighted by molar-refractivity contribution is 5.95. The van der Waals surface area contributed by atoms with Crippen molar-refractivity contribution in [3.63, 3.8) is 0 Å². The topological polar surface area (TPSA) is 38.8 Å². The van der Waals surface area contributed by atoms with E-state index in [1.54, 1.807) is 0 Å². The van der Waals surface area contributed by atoms with E-state index in [1.807, 2.05) is 11.0 Å². The van der Waals surface area contributed by atoms with Gasteiger partial charge in [0, 0.05) is 45.0 Å². The summed E-state index contributed by atoms with van der Waals surface area (Å²) in [5, 5.41) is 3.45. The molecular formula is C21H32N4O. The minimum Gasteiger partial charge on any atom is -0.317 e. The molecule has 0 spiro atoms. The average molecular weight is 357 g/mol. The summed E-state index contributed by atoms with van der Waals surface area (Å²) in [5.41, 5.74) is 2.45. The van der Waals surface area contributed by atoms with Crippen LogP contribution in [-0.2, 0) is 11.2 Å². The second-order valence-corrected chi connectivity index (χ2v) is 8.05. The Morgan fingerprint density at radius 3 is 2.54 bits per heavy atom. The maximum atomic E-state index is 12.9. The van der Waals surface area contributed by atoms with Crippen molar-refractivity contribution in [1.82, 2.24) is 15.1 Å². The number of benzene rings is 1. The van der Waals surface area contributed by atoms with Gasteiger partial charge in [-0.1, -0.05) is 18.2 Å². The van der Waals surface area contributed by atoms with Gasteiger partial charge in [0.1, 0.15) is 0 Å². The molecule has 3 aliphatic rings. The SMILES string of the molecule is O=C(CN1CCN(CC2CCNCC2)CC1)N1CCCc2ccccc21. The Morgan fingerprint density at radius 2 is 1.73 bits per heavy atom. The number of fused-ring (bicyclic) bond motifs is 1. The van der Waals surface area contributed by atoms with E-state index in [4.69, 9.17) is 0 Å². The van der Waals surface area contributed by atoms with Crippen LogP contribution in [0.2, 0.25) is 0 Å².